The van der Waals surface area contributed by atoms with Crippen LogP contribution in [0.1, 0.15) is 53.4 Å². The first-order chi connectivity index (χ1) is 11.8. The Balaban J connectivity index is 2.59. The molecule has 0 atom stereocenters. The van der Waals surface area contributed by atoms with E-state index in [9.17, 15) is 0 Å². The van der Waals surface area contributed by atoms with Crippen molar-refractivity contribution in [2.45, 2.75) is 53.4 Å². The van der Waals surface area contributed by atoms with Gasteiger partial charge in [0.2, 0.25) is 0 Å². The Kier molecular flexibility index (Phi) is 7.42. The van der Waals surface area contributed by atoms with Gasteiger partial charge in [-0.15, -0.1) is 0 Å². The number of anilines is 2. The van der Waals surface area contributed by atoms with Crippen LogP contribution in [0.2, 0.25) is 0 Å². The van der Waals surface area contributed by atoms with Crippen LogP contribution in [0.3, 0.4) is 0 Å². The molecule has 0 aliphatic rings. The third-order valence-corrected chi connectivity index (χ3v) is 4.52. The molecule has 0 aliphatic heterocycles. The lowest BCUT2D eigenvalue weighted by molar-refractivity contribution is 0.741. The first kappa shape index (κ1) is 18.6. The highest BCUT2D eigenvalue weighted by Crippen LogP contribution is 2.35. The van der Waals surface area contributed by atoms with E-state index in [0.717, 1.165) is 26.2 Å². The van der Waals surface area contributed by atoms with Gasteiger partial charge in [-0.05, 0) is 43.2 Å². The second-order valence-electron chi connectivity index (χ2n) is 6.63. The van der Waals surface area contributed by atoms with Crippen LogP contribution < -0.4 is 9.80 Å². The fraction of sp³-hybridized carbons (Fsp3) is 0.545. The van der Waals surface area contributed by atoms with Gasteiger partial charge in [0, 0.05) is 42.9 Å². The minimum Gasteiger partial charge on any atom is -0.371 e. The van der Waals surface area contributed by atoms with Gasteiger partial charge in [0.1, 0.15) is 0 Å². The van der Waals surface area contributed by atoms with Gasteiger partial charge in [-0.2, -0.15) is 0 Å². The predicted octanol–water partition coefficient (Wildman–Crippen LogP) is 6.09. The first-order valence-electron chi connectivity index (χ1n) is 9.78. The molecule has 0 bridgehead atoms. The van der Waals surface area contributed by atoms with E-state index in [1.807, 2.05) is 0 Å². The topological polar surface area (TPSA) is 6.48 Å². The molecular formula is C22H34N2. The molecule has 2 aromatic rings. The lowest BCUT2D eigenvalue weighted by atomic mass is 10.0. The van der Waals surface area contributed by atoms with Crippen LogP contribution in [0.15, 0.2) is 36.4 Å². The Labute approximate surface area is 148 Å². The molecule has 0 fully saturated rings. The molecule has 24 heavy (non-hydrogen) atoms. The molecule has 0 radical (unpaired) electrons. The van der Waals surface area contributed by atoms with Crippen LogP contribution in [0.4, 0.5) is 11.4 Å². The van der Waals surface area contributed by atoms with Gasteiger partial charge in [-0.1, -0.05) is 52.0 Å². The molecule has 2 nitrogen and oxygen atoms in total. The third kappa shape index (κ3) is 4.23. The quantitative estimate of drug-likeness (QED) is 0.521. The highest BCUT2D eigenvalue weighted by molar-refractivity contribution is 6.03. The Morgan fingerprint density at radius 3 is 1.29 bits per heavy atom. The molecule has 0 saturated carbocycles. The minimum atomic E-state index is 1.13. The Morgan fingerprint density at radius 1 is 0.583 bits per heavy atom. The van der Waals surface area contributed by atoms with Crippen molar-refractivity contribution in [2.75, 3.05) is 36.0 Å². The Morgan fingerprint density at radius 2 is 0.958 bits per heavy atom. The fourth-order valence-electron chi connectivity index (χ4n) is 3.61. The summed E-state index contributed by atoms with van der Waals surface area (Å²) in [6.45, 7) is 13.6. The standard InChI is InChI=1S/C22H34N2/c1-5-15-23(16-6-2)20-13-9-11-19-12-10-14-21(22(19)20)24(17-7-3)18-8-4/h9-14H,5-8,15-18H2,1-4H3. The van der Waals surface area contributed by atoms with Crippen LogP contribution in [-0.2, 0) is 0 Å². The highest BCUT2D eigenvalue weighted by Gasteiger charge is 2.15. The molecular weight excluding hydrogens is 292 g/mol. The van der Waals surface area contributed by atoms with E-state index >= 15 is 0 Å². The van der Waals surface area contributed by atoms with Crippen molar-refractivity contribution >= 4 is 22.1 Å². The molecule has 2 aromatic carbocycles. The summed E-state index contributed by atoms with van der Waals surface area (Å²) in [6, 6.07) is 13.6. The second-order valence-corrected chi connectivity index (χ2v) is 6.63. The number of rotatable bonds is 10. The third-order valence-electron chi connectivity index (χ3n) is 4.52. The van der Waals surface area contributed by atoms with Gasteiger partial charge < -0.3 is 9.80 Å². The van der Waals surface area contributed by atoms with Crippen LogP contribution in [0, 0.1) is 0 Å². The van der Waals surface area contributed by atoms with Crippen molar-refractivity contribution in [2.24, 2.45) is 0 Å². The highest BCUT2D eigenvalue weighted by atomic mass is 15.1. The van der Waals surface area contributed by atoms with E-state index in [0.29, 0.717) is 0 Å². The van der Waals surface area contributed by atoms with Crippen molar-refractivity contribution in [1.29, 1.82) is 0 Å². The number of fused-ring (bicyclic) bond motifs is 1. The van der Waals surface area contributed by atoms with Gasteiger partial charge in [0.05, 0.1) is 0 Å². The summed E-state index contributed by atoms with van der Waals surface area (Å²) >= 11 is 0. The smallest absolute Gasteiger partial charge is 0.0466 e. The van der Waals surface area contributed by atoms with Gasteiger partial charge >= 0.3 is 0 Å². The SMILES string of the molecule is CCCN(CCC)c1cccc2cccc(N(CCC)CCC)c12. The van der Waals surface area contributed by atoms with E-state index in [-0.39, 0.29) is 0 Å². The monoisotopic (exact) mass is 326 g/mol. The van der Waals surface area contributed by atoms with E-state index in [4.69, 9.17) is 0 Å². The molecule has 2 rings (SSSR count). The summed E-state index contributed by atoms with van der Waals surface area (Å²) in [5.74, 6) is 0. The maximum atomic E-state index is 2.57. The van der Waals surface area contributed by atoms with E-state index in [1.165, 1.54) is 47.8 Å². The molecule has 0 N–H and O–H groups in total. The summed E-state index contributed by atoms with van der Waals surface area (Å²) in [4.78, 5) is 5.14. The Hall–Kier alpha value is -1.70. The maximum absolute atomic E-state index is 2.57. The van der Waals surface area contributed by atoms with Crippen molar-refractivity contribution < 1.29 is 0 Å². The van der Waals surface area contributed by atoms with Gasteiger partial charge in [-0.3, -0.25) is 0 Å². The second kappa shape index (κ2) is 9.56. The number of hydrogen-bond acceptors (Lipinski definition) is 2. The zero-order chi connectivity index (χ0) is 17.4. The lowest BCUT2D eigenvalue weighted by Gasteiger charge is -2.30. The molecule has 2 heteroatoms. The summed E-state index contributed by atoms with van der Waals surface area (Å²) < 4.78 is 0. The zero-order valence-electron chi connectivity index (χ0n) is 16.0. The lowest BCUT2D eigenvalue weighted by Crippen LogP contribution is -2.27. The van der Waals surface area contributed by atoms with E-state index in [1.54, 1.807) is 0 Å². The molecule has 0 heterocycles. The normalized spacial score (nSPS) is 11.0. The van der Waals surface area contributed by atoms with Crippen LogP contribution in [0.5, 0.6) is 0 Å². The van der Waals surface area contributed by atoms with Gasteiger partial charge in [0.15, 0.2) is 0 Å². The van der Waals surface area contributed by atoms with Crippen molar-refractivity contribution in [3.05, 3.63) is 36.4 Å². The molecule has 132 valence electrons. The predicted molar refractivity (Wildman–Crippen MR) is 110 cm³/mol. The fourth-order valence-corrected chi connectivity index (χ4v) is 3.61. The van der Waals surface area contributed by atoms with Gasteiger partial charge in [0.25, 0.3) is 0 Å². The van der Waals surface area contributed by atoms with Crippen LogP contribution in [-0.4, -0.2) is 26.2 Å². The minimum absolute atomic E-state index is 1.13. The molecule has 0 spiro atoms. The largest absolute Gasteiger partial charge is 0.371 e. The maximum Gasteiger partial charge on any atom is 0.0466 e. The van der Waals surface area contributed by atoms with Crippen molar-refractivity contribution in [3.8, 4) is 0 Å². The first-order valence-corrected chi connectivity index (χ1v) is 9.78. The molecule has 0 aromatic heterocycles. The Bertz CT molecular complexity index is 558. The number of hydrogen-bond donors (Lipinski definition) is 0. The van der Waals surface area contributed by atoms with Gasteiger partial charge in [-0.25, -0.2) is 0 Å². The van der Waals surface area contributed by atoms with Crippen molar-refractivity contribution in [1.82, 2.24) is 0 Å². The molecule has 0 saturated heterocycles. The zero-order valence-corrected chi connectivity index (χ0v) is 16.0. The van der Waals surface area contributed by atoms with E-state index in [2.05, 4.69) is 73.9 Å². The summed E-state index contributed by atoms with van der Waals surface area (Å²) in [5, 5.41) is 2.79. The molecule has 0 unspecified atom stereocenters. The molecule has 0 aliphatic carbocycles. The average molecular weight is 327 g/mol. The summed E-state index contributed by atoms with van der Waals surface area (Å²) in [5.41, 5.74) is 2.81. The average Bonchev–Trinajstić information content (AvgIpc) is 2.60. The molecule has 0 amide bonds. The van der Waals surface area contributed by atoms with Crippen LogP contribution in [0.25, 0.3) is 10.8 Å². The summed E-state index contributed by atoms with van der Waals surface area (Å²) in [6.07, 6.45) is 4.75. The van der Waals surface area contributed by atoms with Crippen molar-refractivity contribution in [3.63, 3.8) is 0 Å². The van der Waals surface area contributed by atoms with E-state index < -0.39 is 0 Å². The number of nitrogens with zero attached hydrogens (tertiary/aromatic N) is 2. The summed E-state index contributed by atoms with van der Waals surface area (Å²) in [7, 11) is 0. The number of benzene rings is 2. The van der Waals surface area contributed by atoms with Crippen LogP contribution >= 0.6 is 0 Å².